The van der Waals surface area contributed by atoms with Crippen LogP contribution in [0.5, 0.6) is 0 Å². The van der Waals surface area contributed by atoms with Crippen LogP contribution < -0.4 is 5.32 Å². The zero-order valence-electron chi connectivity index (χ0n) is 11.4. The van der Waals surface area contributed by atoms with Crippen molar-refractivity contribution in [1.82, 2.24) is 19.4 Å². The van der Waals surface area contributed by atoms with Crippen LogP contribution in [0.1, 0.15) is 13.3 Å². The van der Waals surface area contributed by atoms with Crippen molar-refractivity contribution < 1.29 is 23.1 Å². The molecule has 0 spiro atoms. The first-order valence-electron chi connectivity index (χ1n) is 6.30. The monoisotopic (exact) mass is 316 g/mol. The first-order chi connectivity index (χ1) is 9.79. The molecular weight excluding hydrogens is 300 g/mol. The molecule has 1 aromatic heterocycles. The van der Waals surface area contributed by atoms with Crippen molar-refractivity contribution in [2.45, 2.75) is 30.8 Å². The molecule has 116 valence electrons. The Labute approximate surface area is 121 Å². The van der Waals surface area contributed by atoms with Crippen LogP contribution in [0.2, 0.25) is 0 Å². The predicted octanol–water partition coefficient (Wildman–Crippen LogP) is -1.13. The van der Waals surface area contributed by atoms with Gasteiger partial charge in [-0.15, -0.1) is 0 Å². The van der Waals surface area contributed by atoms with Gasteiger partial charge in [-0.25, -0.2) is 8.42 Å². The van der Waals surface area contributed by atoms with Crippen molar-refractivity contribution in [2.75, 3.05) is 13.1 Å². The van der Waals surface area contributed by atoms with E-state index in [1.807, 2.05) is 0 Å². The molecule has 0 saturated carbocycles. The molecule has 1 atom stereocenters. The number of aliphatic carboxylic acids is 1. The number of carbonyl (C=O) groups is 2. The summed E-state index contributed by atoms with van der Waals surface area (Å²) in [5.41, 5.74) is 0. The molecule has 21 heavy (non-hydrogen) atoms. The van der Waals surface area contributed by atoms with Crippen molar-refractivity contribution in [1.29, 1.82) is 0 Å². The van der Waals surface area contributed by atoms with E-state index in [1.165, 1.54) is 17.4 Å². The van der Waals surface area contributed by atoms with Gasteiger partial charge in [0, 0.05) is 32.3 Å². The lowest BCUT2D eigenvalue weighted by Crippen LogP contribution is -2.37. The Morgan fingerprint density at radius 2 is 2.24 bits per heavy atom. The number of carboxylic acids is 1. The van der Waals surface area contributed by atoms with E-state index in [4.69, 9.17) is 5.11 Å². The first-order valence-corrected chi connectivity index (χ1v) is 7.74. The van der Waals surface area contributed by atoms with Crippen LogP contribution in [0.4, 0.5) is 0 Å². The average Bonchev–Trinajstić information content (AvgIpc) is 2.97. The fourth-order valence-corrected chi connectivity index (χ4v) is 3.66. The van der Waals surface area contributed by atoms with Crippen LogP contribution in [-0.4, -0.2) is 58.6 Å². The fraction of sp³-hybridized carbons (Fsp3) is 0.545. The maximum atomic E-state index is 12.4. The lowest BCUT2D eigenvalue weighted by molar-refractivity contribution is -0.137. The number of sulfonamides is 1. The third kappa shape index (κ3) is 3.58. The highest BCUT2D eigenvalue weighted by molar-refractivity contribution is 7.89. The highest BCUT2D eigenvalue weighted by atomic mass is 32.2. The number of nitrogens with zero attached hydrogens (tertiary/aromatic N) is 3. The van der Waals surface area contributed by atoms with Gasteiger partial charge < -0.3 is 10.4 Å². The van der Waals surface area contributed by atoms with Crippen LogP contribution in [-0.2, 0) is 26.2 Å². The number of hydrogen-bond donors (Lipinski definition) is 2. The minimum atomic E-state index is -3.72. The number of carbonyl (C=O) groups excluding carboxylic acids is 1. The Morgan fingerprint density at radius 1 is 1.52 bits per heavy atom. The van der Waals surface area contributed by atoms with E-state index in [-0.39, 0.29) is 23.4 Å². The summed E-state index contributed by atoms with van der Waals surface area (Å²) in [5, 5.41) is 15.1. The van der Waals surface area contributed by atoms with E-state index in [1.54, 1.807) is 0 Å². The molecule has 2 rings (SSSR count). The molecule has 1 unspecified atom stereocenters. The zero-order chi connectivity index (χ0) is 15.6. The molecule has 1 aliphatic rings. The van der Waals surface area contributed by atoms with Crippen LogP contribution in [0.25, 0.3) is 0 Å². The van der Waals surface area contributed by atoms with Gasteiger partial charge in [0.1, 0.15) is 11.4 Å². The van der Waals surface area contributed by atoms with Gasteiger partial charge in [0.05, 0.1) is 6.20 Å². The Morgan fingerprint density at radius 3 is 2.86 bits per heavy atom. The van der Waals surface area contributed by atoms with Crippen LogP contribution in [0.15, 0.2) is 17.3 Å². The average molecular weight is 316 g/mol. The number of nitrogens with one attached hydrogen (secondary N) is 1. The van der Waals surface area contributed by atoms with Gasteiger partial charge in [-0.2, -0.15) is 9.40 Å². The van der Waals surface area contributed by atoms with Gasteiger partial charge >= 0.3 is 5.97 Å². The number of carboxylic acid groups (broad SMARTS) is 1. The largest absolute Gasteiger partial charge is 0.480 e. The Balaban J connectivity index is 2.10. The molecular formula is C11H16N4O5S. The summed E-state index contributed by atoms with van der Waals surface area (Å²) in [4.78, 5) is 21.5. The summed E-state index contributed by atoms with van der Waals surface area (Å²) in [6.07, 6.45) is 2.86. The zero-order valence-corrected chi connectivity index (χ0v) is 12.2. The van der Waals surface area contributed by atoms with E-state index in [0.29, 0.717) is 13.0 Å². The minimum absolute atomic E-state index is 0.0489. The quantitative estimate of drug-likeness (QED) is 0.708. The van der Waals surface area contributed by atoms with Gasteiger partial charge in [0.15, 0.2) is 0 Å². The second-order valence-electron chi connectivity index (χ2n) is 4.82. The number of aromatic nitrogens is 2. The second-order valence-corrected chi connectivity index (χ2v) is 6.75. The molecule has 9 nitrogen and oxygen atoms in total. The summed E-state index contributed by atoms with van der Waals surface area (Å²) >= 11 is 0. The van der Waals surface area contributed by atoms with Gasteiger partial charge in [-0.1, -0.05) is 0 Å². The smallest absolute Gasteiger partial charge is 0.325 e. The first kappa shape index (κ1) is 15.4. The summed E-state index contributed by atoms with van der Waals surface area (Å²) in [7, 11) is -3.72. The summed E-state index contributed by atoms with van der Waals surface area (Å²) < 4.78 is 27.1. The Kier molecular flexibility index (Phi) is 4.28. The van der Waals surface area contributed by atoms with Gasteiger partial charge in [-0.05, 0) is 6.42 Å². The van der Waals surface area contributed by atoms with Gasteiger partial charge in [0.2, 0.25) is 15.9 Å². The molecule has 1 aliphatic heterocycles. The topological polar surface area (TPSA) is 122 Å². The van der Waals surface area contributed by atoms with E-state index >= 15 is 0 Å². The summed E-state index contributed by atoms with van der Waals surface area (Å²) in [6, 6.07) is -0.202. The molecule has 0 aliphatic carbocycles. The number of hydrogen-bond acceptors (Lipinski definition) is 5. The molecule has 1 aromatic rings. The van der Waals surface area contributed by atoms with Crippen molar-refractivity contribution in [3.63, 3.8) is 0 Å². The van der Waals surface area contributed by atoms with E-state index in [9.17, 15) is 18.0 Å². The minimum Gasteiger partial charge on any atom is -0.480 e. The van der Waals surface area contributed by atoms with Gasteiger partial charge in [0.25, 0.3) is 0 Å². The Bertz CT molecular complexity index is 653. The van der Waals surface area contributed by atoms with E-state index < -0.39 is 22.5 Å². The highest BCUT2D eigenvalue weighted by Crippen LogP contribution is 2.20. The molecule has 1 fully saturated rings. The number of rotatable bonds is 5. The Hall–Kier alpha value is -1.94. The second kappa shape index (κ2) is 5.82. The van der Waals surface area contributed by atoms with Crippen molar-refractivity contribution in [2.24, 2.45) is 0 Å². The molecule has 0 bridgehead atoms. The molecule has 2 N–H and O–H groups in total. The summed E-state index contributed by atoms with van der Waals surface area (Å²) in [5.74, 6) is -1.30. The van der Waals surface area contributed by atoms with E-state index in [2.05, 4.69) is 10.4 Å². The molecule has 0 aromatic carbocycles. The third-order valence-electron chi connectivity index (χ3n) is 3.10. The predicted molar refractivity (Wildman–Crippen MR) is 70.8 cm³/mol. The lowest BCUT2D eigenvalue weighted by atomic mass is 10.3. The SMILES string of the molecule is CC(=O)NC1CCN(S(=O)(=O)c2cnn(CC(=O)O)c2)C1. The maximum absolute atomic E-state index is 12.4. The molecule has 10 heteroatoms. The standard InChI is InChI=1S/C11H16N4O5S/c1-8(16)13-9-2-3-15(5-9)21(19,20)10-4-12-14(6-10)7-11(17)18/h4,6,9H,2-3,5,7H2,1H3,(H,13,16)(H,17,18). The highest BCUT2D eigenvalue weighted by Gasteiger charge is 2.33. The third-order valence-corrected chi connectivity index (χ3v) is 4.92. The van der Waals surface area contributed by atoms with Gasteiger partial charge in [-0.3, -0.25) is 14.3 Å². The van der Waals surface area contributed by atoms with Crippen LogP contribution in [0.3, 0.4) is 0 Å². The van der Waals surface area contributed by atoms with Crippen LogP contribution >= 0.6 is 0 Å². The van der Waals surface area contributed by atoms with Crippen molar-refractivity contribution in [3.05, 3.63) is 12.4 Å². The van der Waals surface area contributed by atoms with Crippen LogP contribution in [0, 0.1) is 0 Å². The maximum Gasteiger partial charge on any atom is 0.325 e. The number of amides is 1. The normalized spacial score (nSPS) is 19.6. The van der Waals surface area contributed by atoms with Crippen molar-refractivity contribution in [3.8, 4) is 0 Å². The molecule has 2 heterocycles. The molecule has 0 radical (unpaired) electrons. The fourth-order valence-electron chi connectivity index (χ4n) is 2.20. The molecule has 1 amide bonds. The lowest BCUT2D eigenvalue weighted by Gasteiger charge is -2.15. The summed E-state index contributed by atoms with van der Waals surface area (Å²) in [6.45, 7) is 1.49. The molecule has 1 saturated heterocycles. The van der Waals surface area contributed by atoms with E-state index in [0.717, 1.165) is 10.9 Å². The van der Waals surface area contributed by atoms with Crippen molar-refractivity contribution >= 4 is 21.9 Å².